The maximum Gasteiger partial charge on any atom is 0.144 e. The molecule has 1 aliphatic carbocycles. The average Bonchev–Trinajstić information content (AvgIpc) is 2.34. The summed E-state index contributed by atoms with van der Waals surface area (Å²) in [5.41, 5.74) is 0.767. The number of hydrogen-bond donors (Lipinski definition) is 1. The van der Waals surface area contributed by atoms with E-state index in [1.54, 1.807) is 12.3 Å². The number of nitrogens with one attached hydrogen (secondary N) is 1. The zero-order chi connectivity index (χ0) is 12.6. The molecule has 2 rings (SSSR count). The van der Waals surface area contributed by atoms with Crippen molar-refractivity contribution in [3.05, 3.63) is 29.8 Å². The molecule has 2 nitrogen and oxygen atoms in total. The quantitative estimate of drug-likeness (QED) is 0.885. The molecule has 0 saturated heterocycles. The second-order valence-corrected chi connectivity index (χ2v) is 5.21. The predicted molar refractivity (Wildman–Crippen MR) is 72.0 cm³/mol. The summed E-state index contributed by atoms with van der Waals surface area (Å²) >= 11 is 0. The molecular formula is C15H23FN2. The number of rotatable bonds is 4. The van der Waals surface area contributed by atoms with Gasteiger partial charge in [0.1, 0.15) is 5.82 Å². The van der Waals surface area contributed by atoms with Gasteiger partial charge in [-0.05, 0) is 37.4 Å². The Kier molecular flexibility index (Phi) is 5.59. The van der Waals surface area contributed by atoms with Crippen LogP contribution in [0.15, 0.2) is 18.5 Å². The maximum absolute atomic E-state index is 13.4. The van der Waals surface area contributed by atoms with Gasteiger partial charge in [0, 0.05) is 12.2 Å². The topological polar surface area (TPSA) is 24.9 Å². The Morgan fingerprint density at radius 3 is 2.61 bits per heavy atom. The van der Waals surface area contributed by atoms with Crippen LogP contribution in [-0.2, 0) is 6.42 Å². The van der Waals surface area contributed by atoms with Crippen LogP contribution in [0.3, 0.4) is 0 Å². The average molecular weight is 250 g/mol. The molecular weight excluding hydrogens is 227 g/mol. The van der Waals surface area contributed by atoms with E-state index in [2.05, 4.69) is 10.3 Å². The molecule has 1 aliphatic rings. The third-order valence-electron chi connectivity index (χ3n) is 3.79. The molecule has 0 atom stereocenters. The van der Waals surface area contributed by atoms with Gasteiger partial charge in [-0.15, -0.1) is 0 Å². The first-order chi connectivity index (χ1) is 8.86. The Morgan fingerprint density at radius 1 is 1.17 bits per heavy atom. The molecule has 3 heteroatoms. The van der Waals surface area contributed by atoms with E-state index < -0.39 is 0 Å². The van der Waals surface area contributed by atoms with Crippen molar-refractivity contribution in [1.82, 2.24) is 10.3 Å². The summed E-state index contributed by atoms with van der Waals surface area (Å²) in [4.78, 5) is 3.77. The summed E-state index contributed by atoms with van der Waals surface area (Å²) in [6.07, 6.45) is 13.1. The highest BCUT2D eigenvalue weighted by Crippen LogP contribution is 2.17. The Balaban J connectivity index is 1.72. The third kappa shape index (κ3) is 4.37. The van der Waals surface area contributed by atoms with Crippen LogP contribution in [0.2, 0.25) is 0 Å². The fourth-order valence-corrected chi connectivity index (χ4v) is 2.68. The molecule has 0 unspecified atom stereocenters. The molecule has 0 amide bonds. The number of aromatic nitrogens is 1. The highest BCUT2D eigenvalue weighted by Gasteiger charge is 2.10. The van der Waals surface area contributed by atoms with Crippen LogP contribution >= 0.6 is 0 Å². The second-order valence-electron chi connectivity index (χ2n) is 5.21. The van der Waals surface area contributed by atoms with Crippen LogP contribution in [0.4, 0.5) is 4.39 Å². The van der Waals surface area contributed by atoms with Crippen LogP contribution in [0.1, 0.15) is 50.5 Å². The summed E-state index contributed by atoms with van der Waals surface area (Å²) in [5, 5.41) is 3.58. The summed E-state index contributed by atoms with van der Waals surface area (Å²) in [6.45, 7) is 0.867. The van der Waals surface area contributed by atoms with Crippen molar-refractivity contribution < 1.29 is 4.39 Å². The first kappa shape index (κ1) is 13.5. The lowest BCUT2D eigenvalue weighted by atomic mass is 9.96. The van der Waals surface area contributed by atoms with E-state index in [-0.39, 0.29) is 5.82 Å². The molecule has 0 radical (unpaired) electrons. The maximum atomic E-state index is 13.4. The van der Waals surface area contributed by atoms with Crippen LogP contribution in [-0.4, -0.2) is 17.6 Å². The van der Waals surface area contributed by atoms with Gasteiger partial charge in [0.2, 0.25) is 0 Å². The van der Waals surface area contributed by atoms with Crippen molar-refractivity contribution in [2.24, 2.45) is 0 Å². The molecule has 0 aromatic carbocycles. The zero-order valence-electron chi connectivity index (χ0n) is 11.0. The molecule has 1 saturated carbocycles. The first-order valence-corrected chi connectivity index (χ1v) is 7.18. The van der Waals surface area contributed by atoms with E-state index in [0.29, 0.717) is 6.04 Å². The van der Waals surface area contributed by atoms with Crippen LogP contribution in [0.5, 0.6) is 0 Å². The Hall–Kier alpha value is -0.960. The minimum absolute atomic E-state index is 0.183. The van der Waals surface area contributed by atoms with Gasteiger partial charge in [0.15, 0.2) is 0 Å². The van der Waals surface area contributed by atoms with Gasteiger partial charge >= 0.3 is 0 Å². The van der Waals surface area contributed by atoms with Crippen molar-refractivity contribution in [3.8, 4) is 0 Å². The molecule has 1 aromatic heterocycles. The number of hydrogen-bond acceptors (Lipinski definition) is 2. The van der Waals surface area contributed by atoms with Crippen LogP contribution in [0, 0.1) is 5.82 Å². The number of nitrogens with zero attached hydrogens (tertiary/aromatic N) is 1. The number of halogens is 1. The van der Waals surface area contributed by atoms with Gasteiger partial charge in [0.25, 0.3) is 0 Å². The van der Waals surface area contributed by atoms with Crippen LogP contribution in [0.25, 0.3) is 0 Å². The molecule has 1 aromatic rings. The summed E-state index contributed by atoms with van der Waals surface area (Å²) < 4.78 is 13.4. The van der Waals surface area contributed by atoms with Gasteiger partial charge in [-0.2, -0.15) is 0 Å². The van der Waals surface area contributed by atoms with E-state index in [1.165, 1.54) is 51.1 Å². The van der Waals surface area contributed by atoms with Crippen LogP contribution < -0.4 is 5.32 Å². The van der Waals surface area contributed by atoms with Gasteiger partial charge in [-0.25, -0.2) is 4.39 Å². The fourth-order valence-electron chi connectivity index (χ4n) is 2.68. The lowest BCUT2D eigenvalue weighted by Gasteiger charge is -2.21. The van der Waals surface area contributed by atoms with Crippen molar-refractivity contribution >= 4 is 0 Å². The summed E-state index contributed by atoms with van der Waals surface area (Å²) in [5.74, 6) is -0.183. The lowest BCUT2D eigenvalue weighted by molar-refractivity contribution is 0.391. The predicted octanol–water partition coefficient (Wildman–Crippen LogP) is 3.47. The Morgan fingerprint density at radius 2 is 1.89 bits per heavy atom. The number of pyridine rings is 1. The molecule has 0 spiro atoms. The van der Waals surface area contributed by atoms with Crippen molar-refractivity contribution in [2.75, 3.05) is 6.54 Å². The van der Waals surface area contributed by atoms with E-state index >= 15 is 0 Å². The van der Waals surface area contributed by atoms with Crippen molar-refractivity contribution in [1.29, 1.82) is 0 Å². The van der Waals surface area contributed by atoms with E-state index in [9.17, 15) is 4.39 Å². The van der Waals surface area contributed by atoms with Crippen molar-refractivity contribution in [2.45, 2.75) is 57.4 Å². The molecule has 18 heavy (non-hydrogen) atoms. The standard InChI is InChI=1S/C15H23FN2/c16-15-12-17-10-8-13(15)9-11-18-14-6-4-2-1-3-5-7-14/h8,10,12,14,18H,1-7,9,11H2. The van der Waals surface area contributed by atoms with Gasteiger partial charge in [-0.3, -0.25) is 4.98 Å². The van der Waals surface area contributed by atoms with Crippen molar-refractivity contribution in [3.63, 3.8) is 0 Å². The SMILES string of the molecule is Fc1cnccc1CCNC1CCCCCCC1. The normalized spacial score (nSPS) is 18.3. The molecule has 0 aliphatic heterocycles. The molecule has 1 fully saturated rings. The minimum atomic E-state index is -0.183. The smallest absolute Gasteiger partial charge is 0.144 e. The van der Waals surface area contributed by atoms with Gasteiger partial charge in [-0.1, -0.05) is 32.1 Å². The van der Waals surface area contributed by atoms with E-state index in [0.717, 1.165) is 18.5 Å². The highest BCUT2D eigenvalue weighted by molar-refractivity contribution is 5.12. The molecule has 1 heterocycles. The van der Waals surface area contributed by atoms with Gasteiger partial charge < -0.3 is 5.32 Å². The molecule has 1 N–H and O–H groups in total. The monoisotopic (exact) mass is 250 g/mol. The minimum Gasteiger partial charge on any atom is -0.314 e. The zero-order valence-corrected chi connectivity index (χ0v) is 11.0. The van der Waals surface area contributed by atoms with E-state index in [1.807, 2.05) is 0 Å². The second kappa shape index (κ2) is 7.47. The Labute approximate surface area is 109 Å². The highest BCUT2D eigenvalue weighted by atomic mass is 19.1. The molecule has 100 valence electrons. The van der Waals surface area contributed by atoms with E-state index in [4.69, 9.17) is 0 Å². The van der Waals surface area contributed by atoms with Gasteiger partial charge in [0.05, 0.1) is 6.20 Å². The third-order valence-corrected chi connectivity index (χ3v) is 3.79. The molecule has 0 bridgehead atoms. The fraction of sp³-hybridized carbons (Fsp3) is 0.667. The largest absolute Gasteiger partial charge is 0.314 e. The summed E-state index contributed by atoms with van der Waals surface area (Å²) in [7, 11) is 0. The summed E-state index contributed by atoms with van der Waals surface area (Å²) in [6, 6.07) is 2.41. The lowest BCUT2D eigenvalue weighted by Crippen LogP contribution is -2.31. The Bertz CT molecular complexity index is 346. The first-order valence-electron chi connectivity index (χ1n) is 7.18.